The molecule has 0 aliphatic rings. The first-order valence-corrected chi connectivity index (χ1v) is 12.9. The molecule has 0 N–H and O–H groups in total. The Balaban J connectivity index is 1.32. The smallest absolute Gasteiger partial charge is 0.343 e. The fourth-order valence-electron chi connectivity index (χ4n) is 3.65. The highest BCUT2D eigenvalue weighted by atomic mass is 16.5. The average molecular weight is 563 g/mol. The van der Waals surface area contributed by atoms with Gasteiger partial charge in [-0.1, -0.05) is 36.4 Å². The molecule has 4 rings (SSSR count). The maximum absolute atomic E-state index is 12.6. The first-order chi connectivity index (χ1) is 20.3. The van der Waals surface area contributed by atoms with Crippen molar-refractivity contribution >= 4 is 23.9 Å². The van der Waals surface area contributed by atoms with Crippen LogP contribution in [0.2, 0.25) is 0 Å². The molecule has 8 heteroatoms. The highest BCUT2D eigenvalue weighted by Gasteiger charge is 2.12. The number of esters is 4. The lowest BCUT2D eigenvalue weighted by Gasteiger charge is -2.08. The third-order valence-corrected chi connectivity index (χ3v) is 5.69. The highest BCUT2D eigenvalue weighted by molar-refractivity contribution is 5.92. The summed E-state index contributed by atoms with van der Waals surface area (Å²) in [6, 6.07) is 26.0. The summed E-state index contributed by atoms with van der Waals surface area (Å²) >= 11 is 0. The standard InChI is InChI=1S/C34H26O8/c1-3-5-31(35)39-27-17-13-26(14-18-27)34(38)41-29-15-11-24(12-16-29)23-7-9-25(10-8-23)33(37)42-30-21-19-28(20-22-30)40-32(36)6-4-2/h3-22H,1-2H3. The lowest BCUT2D eigenvalue weighted by Crippen LogP contribution is -2.09. The summed E-state index contributed by atoms with van der Waals surface area (Å²) in [6.45, 7) is 3.42. The molecule has 0 saturated heterocycles. The number of rotatable bonds is 9. The number of hydrogen-bond acceptors (Lipinski definition) is 8. The van der Waals surface area contributed by atoms with Crippen molar-refractivity contribution in [2.24, 2.45) is 0 Å². The van der Waals surface area contributed by atoms with Crippen LogP contribution in [0.5, 0.6) is 23.0 Å². The van der Waals surface area contributed by atoms with Gasteiger partial charge in [-0.3, -0.25) is 0 Å². The molecule has 0 saturated carbocycles. The second kappa shape index (κ2) is 14.0. The van der Waals surface area contributed by atoms with E-state index in [1.807, 2.05) is 0 Å². The van der Waals surface area contributed by atoms with E-state index in [9.17, 15) is 19.2 Å². The minimum absolute atomic E-state index is 0.302. The van der Waals surface area contributed by atoms with Crippen LogP contribution in [-0.2, 0) is 9.59 Å². The normalized spacial score (nSPS) is 10.8. The van der Waals surface area contributed by atoms with Crippen LogP contribution < -0.4 is 18.9 Å². The van der Waals surface area contributed by atoms with Crippen LogP contribution >= 0.6 is 0 Å². The summed E-state index contributed by atoms with van der Waals surface area (Å²) in [5.74, 6) is -0.771. The molecule has 4 aromatic carbocycles. The van der Waals surface area contributed by atoms with E-state index in [4.69, 9.17) is 18.9 Å². The summed E-state index contributed by atoms with van der Waals surface area (Å²) in [4.78, 5) is 48.1. The van der Waals surface area contributed by atoms with Crippen LogP contribution in [-0.4, -0.2) is 23.9 Å². The maximum atomic E-state index is 12.6. The molecule has 0 spiro atoms. The van der Waals surface area contributed by atoms with E-state index >= 15 is 0 Å². The predicted molar refractivity (Wildman–Crippen MR) is 156 cm³/mol. The molecular weight excluding hydrogens is 536 g/mol. The van der Waals surface area contributed by atoms with Gasteiger partial charge in [0.1, 0.15) is 23.0 Å². The molecule has 0 aliphatic heterocycles. The van der Waals surface area contributed by atoms with E-state index < -0.39 is 23.9 Å². The number of carbonyl (C=O) groups is 4. The van der Waals surface area contributed by atoms with Gasteiger partial charge >= 0.3 is 23.9 Å². The van der Waals surface area contributed by atoms with Crippen LogP contribution in [0.4, 0.5) is 0 Å². The Kier molecular flexibility index (Phi) is 9.77. The average Bonchev–Trinajstić information content (AvgIpc) is 2.99. The molecule has 0 unspecified atom stereocenters. The van der Waals surface area contributed by atoms with Crippen molar-refractivity contribution in [3.63, 3.8) is 0 Å². The second-order valence-electron chi connectivity index (χ2n) is 8.72. The minimum Gasteiger partial charge on any atom is -0.423 e. The van der Waals surface area contributed by atoms with Gasteiger partial charge < -0.3 is 18.9 Å². The van der Waals surface area contributed by atoms with Gasteiger partial charge in [0, 0.05) is 12.2 Å². The molecule has 4 aromatic rings. The zero-order chi connectivity index (χ0) is 29.9. The topological polar surface area (TPSA) is 105 Å². The molecular formula is C34H26O8. The highest BCUT2D eigenvalue weighted by Crippen LogP contribution is 2.25. The van der Waals surface area contributed by atoms with E-state index in [0.29, 0.717) is 34.1 Å². The van der Waals surface area contributed by atoms with Gasteiger partial charge in [0.2, 0.25) is 0 Å². The summed E-state index contributed by atoms with van der Waals surface area (Å²) in [5, 5.41) is 0. The van der Waals surface area contributed by atoms with Gasteiger partial charge in [0.15, 0.2) is 0 Å². The van der Waals surface area contributed by atoms with E-state index in [1.165, 1.54) is 60.7 Å². The van der Waals surface area contributed by atoms with Crippen LogP contribution in [0.3, 0.4) is 0 Å². The van der Waals surface area contributed by atoms with Crippen LogP contribution in [0, 0.1) is 0 Å². The van der Waals surface area contributed by atoms with Crippen molar-refractivity contribution in [3.8, 4) is 34.1 Å². The predicted octanol–water partition coefficient (Wildman–Crippen LogP) is 6.76. The summed E-state index contributed by atoms with van der Waals surface area (Å²) < 4.78 is 21.1. The first kappa shape index (κ1) is 29.2. The second-order valence-corrected chi connectivity index (χ2v) is 8.72. The Morgan fingerprint density at radius 3 is 1.10 bits per heavy atom. The van der Waals surface area contributed by atoms with Crippen molar-refractivity contribution in [1.82, 2.24) is 0 Å². The van der Waals surface area contributed by atoms with E-state index in [2.05, 4.69) is 0 Å². The number of allylic oxidation sites excluding steroid dienone is 2. The first-order valence-electron chi connectivity index (χ1n) is 12.9. The monoisotopic (exact) mass is 562 g/mol. The van der Waals surface area contributed by atoms with Gasteiger partial charge in [-0.15, -0.1) is 0 Å². The number of carbonyl (C=O) groups excluding carboxylic acids is 4. The van der Waals surface area contributed by atoms with Gasteiger partial charge in [-0.25, -0.2) is 19.2 Å². The zero-order valence-corrected chi connectivity index (χ0v) is 22.8. The molecule has 0 radical (unpaired) electrons. The lowest BCUT2D eigenvalue weighted by molar-refractivity contribution is -0.129. The van der Waals surface area contributed by atoms with Crippen LogP contribution in [0.1, 0.15) is 34.6 Å². The van der Waals surface area contributed by atoms with E-state index in [0.717, 1.165) is 11.1 Å². The Morgan fingerprint density at radius 1 is 0.429 bits per heavy atom. The summed E-state index contributed by atoms with van der Waals surface area (Å²) in [5.41, 5.74) is 2.36. The lowest BCUT2D eigenvalue weighted by atomic mass is 10.0. The molecule has 0 heterocycles. The molecule has 0 bridgehead atoms. The number of hydrogen-bond donors (Lipinski definition) is 0. The Bertz CT molecular complexity index is 1610. The van der Waals surface area contributed by atoms with Gasteiger partial charge in [-0.2, -0.15) is 0 Å². The molecule has 0 aliphatic carbocycles. The Hall–Kier alpha value is -5.76. The molecule has 210 valence electrons. The molecule has 0 fully saturated rings. The van der Waals surface area contributed by atoms with E-state index in [1.54, 1.807) is 74.5 Å². The Labute approximate surface area is 242 Å². The van der Waals surface area contributed by atoms with Crippen molar-refractivity contribution in [2.45, 2.75) is 13.8 Å². The van der Waals surface area contributed by atoms with Crippen molar-refractivity contribution in [3.05, 3.63) is 132 Å². The maximum Gasteiger partial charge on any atom is 0.343 e. The molecule has 0 amide bonds. The SMILES string of the molecule is CC=CC(=O)Oc1ccc(OC(=O)c2ccc(-c3ccc(OC(=O)c4ccc(OC(=O)C=CC)cc4)cc3)cc2)cc1. The third-order valence-electron chi connectivity index (χ3n) is 5.69. The fourth-order valence-corrected chi connectivity index (χ4v) is 3.65. The fraction of sp³-hybridized carbons (Fsp3) is 0.0588. The van der Waals surface area contributed by atoms with Crippen LogP contribution in [0.25, 0.3) is 11.1 Å². The molecule has 0 aromatic heterocycles. The van der Waals surface area contributed by atoms with Crippen LogP contribution in [0.15, 0.2) is 121 Å². The van der Waals surface area contributed by atoms with E-state index in [-0.39, 0.29) is 0 Å². The molecule has 0 atom stereocenters. The van der Waals surface area contributed by atoms with Gasteiger partial charge in [-0.05, 0) is 97.8 Å². The Morgan fingerprint density at radius 2 is 0.714 bits per heavy atom. The third kappa shape index (κ3) is 8.12. The molecule has 42 heavy (non-hydrogen) atoms. The quantitative estimate of drug-likeness (QED) is 0.125. The van der Waals surface area contributed by atoms with Crippen molar-refractivity contribution in [2.75, 3.05) is 0 Å². The minimum atomic E-state index is -0.554. The van der Waals surface area contributed by atoms with Crippen molar-refractivity contribution in [1.29, 1.82) is 0 Å². The number of benzene rings is 4. The zero-order valence-electron chi connectivity index (χ0n) is 22.8. The van der Waals surface area contributed by atoms with Gasteiger partial charge in [0.25, 0.3) is 0 Å². The summed E-state index contributed by atoms with van der Waals surface area (Å²) in [6.07, 6.45) is 5.75. The number of ether oxygens (including phenoxy) is 4. The largest absolute Gasteiger partial charge is 0.423 e. The van der Waals surface area contributed by atoms with Gasteiger partial charge in [0.05, 0.1) is 11.1 Å². The summed E-state index contributed by atoms with van der Waals surface area (Å²) in [7, 11) is 0. The van der Waals surface area contributed by atoms with Crippen molar-refractivity contribution < 1.29 is 38.1 Å². The molecule has 8 nitrogen and oxygen atoms in total.